The summed E-state index contributed by atoms with van der Waals surface area (Å²) < 4.78 is 24.2. The quantitative estimate of drug-likeness (QED) is 0.900. The molecule has 1 aliphatic heterocycles. The monoisotopic (exact) mass is 319 g/mol. The van der Waals surface area contributed by atoms with Crippen LogP contribution in [0.4, 0.5) is 4.39 Å². The molecule has 6 nitrogen and oxygen atoms in total. The first-order chi connectivity index (χ1) is 11.0. The van der Waals surface area contributed by atoms with Gasteiger partial charge in [-0.15, -0.1) is 0 Å². The van der Waals surface area contributed by atoms with E-state index in [0.29, 0.717) is 0 Å². The van der Waals surface area contributed by atoms with Gasteiger partial charge in [0.05, 0.1) is 12.2 Å². The molecule has 3 rings (SSSR count). The van der Waals surface area contributed by atoms with Gasteiger partial charge in [0.25, 0.3) is 5.91 Å². The number of aliphatic carboxylic acids is 1. The van der Waals surface area contributed by atoms with Gasteiger partial charge in [0, 0.05) is 13.0 Å². The number of nitrogens with one attached hydrogen (secondary N) is 1. The molecule has 1 amide bonds. The Hall–Kier alpha value is -2.67. The van der Waals surface area contributed by atoms with Gasteiger partial charge in [-0.05, 0) is 24.3 Å². The lowest BCUT2D eigenvalue weighted by molar-refractivity contribution is -0.144. The lowest BCUT2D eigenvalue weighted by atomic mass is 9.99. The third kappa shape index (κ3) is 2.83. The third-order valence-corrected chi connectivity index (χ3v) is 3.75. The number of carboxylic acid groups (broad SMARTS) is 1. The van der Waals surface area contributed by atoms with Crippen LogP contribution in [0.2, 0.25) is 0 Å². The summed E-state index contributed by atoms with van der Waals surface area (Å²) in [5, 5.41) is 11.7. The maximum Gasteiger partial charge on any atom is 0.331 e. The molecule has 0 radical (unpaired) electrons. The van der Waals surface area contributed by atoms with Crippen LogP contribution in [0.5, 0.6) is 0 Å². The Kier molecular flexibility index (Phi) is 3.87. The lowest BCUT2D eigenvalue weighted by Gasteiger charge is -2.22. The van der Waals surface area contributed by atoms with E-state index >= 15 is 0 Å². The average Bonchev–Trinajstić information content (AvgIpc) is 3.17. The van der Waals surface area contributed by atoms with Crippen molar-refractivity contribution in [3.05, 3.63) is 48.0 Å². The molecule has 1 aromatic heterocycles. The molecule has 1 aliphatic rings. The number of rotatable bonds is 4. The molecule has 2 aromatic rings. The molecule has 7 heteroatoms. The number of carbonyl (C=O) groups is 2. The molecule has 0 aliphatic carbocycles. The van der Waals surface area contributed by atoms with Gasteiger partial charge in [0.15, 0.2) is 11.3 Å². The molecule has 2 N–H and O–H groups in total. The highest BCUT2D eigenvalue weighted by molar-refractivity contribution is 5.96. The van der Waals surface area contributed by atoms with E-state index < -0.39 is 23.2 Å². The van der Waals surface area contributed by atoms with E-state index in [-0.39, 0.29) is 36.7 Å². The fourth-order valence-electron chi connectivity index (χ4n) is 2.43. The van der Waals surface area contributed by atoms with Crippen molar-refractivity contribution >= 4 is 11.9 Å². The van der Waals surface area contributed by atoms with Crippen molar-refractivity contribution in [1.29, 1.82) is 0 Å². The van der Waals surface area contributed by atoms with Crippen LogP contribution >= 0.6 is 0 Å². The second-order valence-corrected chi connectivity index (χ2v) is 5.29. The third-order valence-electron chi connectivity index (χ3n) is 3.75. The summed E-state index contributed by atoms with van der Waals surface area (Å²) in [5.74, 6) is -2.21. The number of hydrogen-bond donors (Lipinski definition) is 2. The van der Waals surface area contributed by atoms with Crippen molar-refractivity contribution in [1.82, 2.24) is 5.32 Å². The Labute approximate surface area is 130 Å². The SMILES string of the molecule is O=C(NC1(C(=O)O)CCOC1)c1ccc(-c2ccccc2F)o1. The number of furan rings is 1. The van der Waals surface area contributed by atoms with Crippen molar-refractivity contribution in [2.75, 3.05) is 13.2 Å². The van der Waals surface area contributed by atoms with E-state index in [1.165, 1.54) is 24.3 Å². The molecule has 1 unspecified atom stereocenters. The van der Waals surface area contributed by atoms with Gasteiger partial charge >= 0.3 is 5.97 Å². The van der Waals surface area contributed by atoms with Crippen LogP contribution in [0.15, 0.2) is 40.8 Å². The van der Waals surface area contributed by atoms with Crippen LogP contribution in [0.3, 0.4) is 0 Å². The summed E-state index contributed by atoms with van der Waals surface area (Å²) in [6.07, 6.45) is 0.176. The van der Waals surface area contributed by atoms with Crippen LogP contribution in [0.1, 0.15) is 17.0 Å². The van der Waals surface area contributed by atoms with Crippen molar-refractivity contribution < 1.29 is 28.2 Å². The zero-order valence-corrected chi connectivity index (χ0v) is 12.0. The fourth-order valence-corrected chi connectivity index (χ4v) is 2.43. The first kappa shape index (κ1) is 15.2. The second kappa shape index (κ2) is 5.85. The molecular weight excluding hydrogens is 305 g/mol. The van der Waals surface area contributed by atoms with Gasteiger partial charge in [-0.1, -0.05) is 12.1 Å². The van der Waals surface area contributed by atoms with Crippen LogP contribution in [-0.2, 0) is 9.53 Å². The van der Waals surface area contributed by atoms with E-state index in [2.05, 4.69) is 5.32 Å². The number of ether oxygens (including phenoxy) is 1. The molecule has 2 heterocycles. The van der Waals surface area contributed by atoms with Gasteiger partial charge in [-0.25, -0.2) is 9.18 Å². The molecule has 1 aromatic carbocycles. The molecule has 23 heavy (non-hydrogen) atoms. The van der Waals surface area contributed by atoms with E-state index in [0.717, 1.165) is 0 Å². The van der Waals surface area contributed by atoms with E-state index in [1.807, 2.05) is 0 Å². The highest BCUT2D eigenvalue weighted by Crippen LogP contribution is 2.26. The second-order valence-electron chi connectivity index (χ2n) is 5.29. The van der Waals surface area contributed by atoms with Gasteiger partial charge in [0.2, 0.25) is 0 Å². The molecular formula is C16H14FNO5. The highest BCUT2D eigenvalue weighted by Gasteiger charge is 2.44. The smallest absolute Gasteiger partial charge is 0.331 e. The minimum Gasteiger partial charge on any atom is -0.479 e. The average molecular weight is 319 g/mol. The number of halogens is 1. The Balaban J connectivity index is 1.82. The van der Waals surface area contributed by atoms with Gasteiger partial charge < -0.3 is 19.6 Å². The van der Waals surface area contributed by atoms with E-state index in [4.69, 9.17) is 9.15 Å². The summed E-state index contributed by atoms with van der Waals surface area (Å²) in [5.41, 5.74) is -1.23. The lowest BCUT2D eigenvalue weighted by Crippen LogP contribution is -2.55. The zero-order chi connectivity index (χ0) is 16.4. The molecule has 1 atom stereocenters. The molecule has 1 fully saturated rings. The Morgan fingerprint density at radius 3 is 2.65 bits per heavy atom. The standard InChI is InChI=1S/C16H14FNO5/c17-11-4-2-1-3-10(11)12-5-6-13(23-12)14(19)18-16(15(20)21)7-8-22-9-16/h1-6H,7-9H2,(H,18,19)(H,20,21). The summed E-state index contributed by atoms with van der Waals surface area (Å²) in [4.78, 5) is 23.6. The number of carboxylic acids is 1. The minimum atomic E-state index is -1.46. The summed E-state index contributed by atoms with van der Waals surface area (Å²) in [6, 6.07) is 8.85. The number of carbonyl (C=O) groups excluding carboxylic acids is 1. The maximum atomic E-state index is 13.7. The van der Waals surface area contributed by atoms with Crippen molar-refractivity contribution in [2.45, 2.75) is 12.0 Å². The normalized spacial score (nSPS) is 20.4. The number of hydrogen-bond acceptors (Lipinski definition) is 4. The molecule has 120 valence electrons. The van der Waals surface area contributed by atoms with Gasteiger partial charge in [-0.2, -0.15) is 0 Å². The largest absolute Gasteiger partial charge is 0.479 e. The Morgan fingerprint density at radius 1 is 1.22 bits per heavy atom. The maximum absolute atomic E-state index is 13.7. The summed E-state index contributed by atoms with van der Waals surface area (Å²) in [6.45, 7) is 0.153. The van der Waals surface area contributed by atoms with Crippen molar-refractivity contribution in [2.24, 2.45) is 0 Å². The molecule has 0 saturated carbocycles. The minimum absolute atomic E-state index is 0.0872. The fraction of sp³-hybridized carbons (Fsp3) is 0.250. The topological polar surface area (TPSA) is 88.8 Å². The first-order valence-corrected chi connectivity index (χ1v) is 7.00. The molecule has 0 bridgehead atoms. The Morgan fingerprint density at radius 2 is 2.00 bits per heavy atom. The molecule has 0 spiro atoms. The van der Waals surface area contributed by atoms with Crippen molar-refractivity contribution in [3.63, 3.8) is 0 Å². The zero-order valence-electron chi connectivity index (χ0n) is 12.0. The molecule has 1 saturated heterocycles. The van der Waals surface area contributed by atoms with Gasteiger partial charge in [-0.3, -0.25) is 4.79 Å². The van der Waals surface area contributed by atoms with Crippen LogP contribution in [-0.4, -0.2) is 35.7 Å². The first-order valence-electron chi connectivity index (χ1n) is 7.00. The predicted molar refractivity (Wildman–Crippen MR) is 77.4 cm³/mol. The number of amides is 1. The van der Waals surface area contributed by atoms with Gasteiger partial charge in [0.1, 0.15) is 11.6 Å². The highest BCUT2D eigenvalue weighted by atomic mass is 19.1. The van der Waals surface area contributed by atoms with Crippen LogP contribution in [0, 0.1) is 5.82 Å². The summed E-state index contributed by atoms with van der Waals surface area (Å²) in [7, 11) is 0. The van der Waals surface area contributed by atoms with Crippen molar-refractivity contribution in [3.8, 4) is 11.3 Å². The van der Waals surface area contributed by atoms with E-state index in [1.54, 1.807) is 12.1 Å². The van der Waals surface area contributed by atoms with E-state index in [9.17, 15) is 19.1 Å². The Bertz CT molecular complexity index is 748. The predicted octanol–water partition coefficient (Wildman–Crippen LogP) is 2.06. The van der Waals surface area contributed by atoms with Crippen LogP contribution < -0.4 is 5.32 Å². The number of benzene rings is 1. The van der Waals surface area contributed by atoms with Crippen LogP contribution in [0.25, 0.3) is 11.3 Å². The summed E-state index contributed by atoms with van der Waals surface area (Å²) >= 11 is 0.